The number of nitrogens with zero attached hydrogens (tertiary/aromatic N) is 2. The van der Waals surface area contributed by atoms with Gasteiger partial charge in [-0.05, 0) is 29.9 Å². The van der Waals surface area contributed by atoms with Crippen LogP contribution in [0.15, 0.2) is 24.5 Å². The lowest BCUT2D eigenvalue weighted by Gasteiger charge is -1.94. The van der Waals surface area contributed by atoms with Gasteiger partial charge in [-0.1, -0.05) is 6.07 Å². The van der Waals surface area contributed by atoms with Crippen molar-refractivity contribution in [1.82, 2.24) is 4.98 Å². The maximum Gasteiger partial charge on any atom is 0.0624 e. The molecule has 2 nitrogen and oxygen atoms in total. The van der Waals surface area contributed by atoms with Crippen molar-refractivity contribution in [1.29, 1.82) is 5.26 Å². The van der Waals surface area contributed by atoms with Crippen molar-refractivity contribution < 1.29 is 0 Å². The quantitative estimate of drug-likeness (QED) is 0.660. The van der Waals surface area contributed by atoms with Crippen LogP contribution in [0, 0.1) is 17.2 Å². The molecule has 2 rings (SSSR count). The second kappa shape index (κ2) is 2.94. The highest BCUT2D eigenvalue weighted by molar-refractivity contribution is 5.22. The summed E-state index contributed by atoms with van der Waals surface area (Å²) in [5.74, 6) is 1.21. The average molecular weight is 158 g/mol. The Labute approximate surface area is 71.9 Å². The largest absolute Gasteiger partial charge is 0.264 e. The van der Waals surface area contributed by atoms with Crippen LogP contribution in [0.25, 0.3) is 0 Å². The van der Waals surface area contributed by atoms with E-state index in [4.69, 9.17) is 5.26 Å². The molecule has 0 aromatic carbocycles. The predicted octanol–water partition coefficient (Wildman–Crippen LogP) is 2.10. The Morgan fingerprint density at radius 1 is 1.67 bits per heavy atom. The smallest absolute Gasteiger partial charge is 0.0624 e. The molecule has 0 saturated heterocycles. The van der Waals surface area contributed by atoms with Crippen molar-refractivity contribution in [2.45, 2.75) is 18.8 Å². The Kier molecular flexibility index (Phi) is 1.79. The van der Waals surface area contributed by atoms with Gasteiger partial charge in [0.25, 0.3) is 0 Å². The molecule has 1 aliphatic carbocycles. The fourth-order valence-corrected chi connectivity index (χ4v) is 1.59. The van der Waals surface area contributed by atoms with Crippen molar-refractivity contribution in [3.63, 3.8) is 0 Å². The van der Waals surface area contributed by atoms with Crippen molar-refractivity contribution in [3.05, 3.63) is 30.1 Å². The molecule has 0 N–H and O–H groups in total. The van der Waals surface area contributed by atoms with Crippen LogP contribution in [0.3, 0.4) is 0 Å². The summed E-state index contributed by atoms with van der Waals surface area (Å²) in [5.41, 5.74) is 1.29. The Morgan fingerprint density at radius 2 is 2.58 bits per heavy atom. The zero-order valence-electron chi connectivity index (χ0n) is 6.77. The first-order valence-corrected chi connectivity index (χ1v) is 4.18. The zero-order chi connectivity index (χ0) is 8.39. The standard InChI is InChI=1S/C10H10N2/c11-4-3-8-6-10(8)9-2-1-5-12-7-9/h1-2,5,7-8,10H,3,6H2. The van der Waals surface area contributed by atoms with Crippen molar-refractivity contribution in [2.75, 3.05) is 0 Å². The average Bonchev–Trinajstić information content (AvgIpc) is 2.87. The number of pyridine rings is 1. The number of nitriles is 1. The monoisotopic (exact) mass is 158 g/mol. The second-order valence-corrected chi connectivity index (χ2v) is 3.25. The van der Waals surface area contributed by atoms with Gasteiger partial charge in [0.15, 0.2) is 0 Å². The molecule has 1 heterocycles. The third-order valence-corrected chi connectivity index (χ3v) is 2.39. The molecule has 12 heavy (non-hydrogen) atoms. The molecule has 2 unspecified atom stereocenters. The van der Waals surface area contributed by atoms with Crippen LogP contribution < -0.4 is 0 Å². The van der Waals surface area contributed by atoms with Crippen LogP contribution in [-0.4, -0.2) is 4.98 Å². The van der Waals surface area contributed by atoms with Gasteiger partial charge in [-0.2, -0.15) is 5.26 Å². The molecule has 60 valence electrons. The molecule has 0 amide bonds. The van der Waals surface area contributed by atoms with E-state index in [9.17, 15) is 0 Å². The van der Waals surface area contributed by atoms with Gasteiger partial charge in [-0.15, -0.1) is 0 Å². The third-order valence-electron chi connectivity index (χ3n) is 2.39. The lowest BCUT2D eigenvalue weighted by molar-refractivity contribution is 0.826. The van der Waals surface area contributed by atoms with Crippen LogP contribution >= 0.6 is 0 Å². The first kappa shape index (κ1) is 7.30. The lowest BCUT2D eigenvalue weighted by atomic mass is 10.1. The number of aromatic nitrogens is 1. The van der Waals surface area contributed by atoms with Crippen molar-refractivity contribution >= 4 is 0 Å². The van der Waals surface area contributed by atoms with Gasteiger partial charge in [-0.3, -0.25) is 4.98 Å². The first-order valence-electron chi connectivity index (χ1n) is 4.18. The first-order chi connectivity index (χ1) is 5.92. The molecular formula is C10H10N2. The summed E-state index contributed by atoms with van der Waals surface area (Å²) in [4.78, 5) is 4.06. The van der Waals surface area contributed by atoms with E-state index in [2.05, 4.69) is 17.1 Å². The van der Waals surface area contributed by atoms with E-state index in [1.165, 1.54) is 12.0 Å². The molecule has 0 spiro atoms. The molecule has 0 radical (unpaired) electrons. The van der Waals surface area contributed by atoms with Gasteiger partial charge < -0.3 is 0 Å². The van der Waals surface area contributed by atoms with E-state index in [0.29, 0.717) is 18.3 Å². The Bertz CT molecular complexity index is 299. The lowest BCUT2D eigenvalue weighted by Crippen LogP contribution is -1.83. The Hall–Kier alpha value is -1.36. The minimum Gasteiger partial charge on any atom is -0.264 e. The third kappa shape index (κ3) is 1.31. The van der Waals surface area contributed by atoms with Gasteiger partial charge in [-0.25, -0.2) is 0 Å². The summed E-state index contributed by atoms with van der Waals surface area (Å²) in [6.07, 6.45) is 5.55. The van der Waals surface area contributed by atoms with E-state index < -0.39 is 0 Å². The maximum atomic E-state index is 8.48. The molecular weight excluding hydrogens is 148 g/mol. The summed E-state index contributed by atoms with van der Waals surface area (Å²) >= 11 is 0. The normalized spacial score (nSPS) is 26.2. The van der Waals surface area contributed by atoms with Crippen LogP contribution in [0.1, 0.15) is 24.3 Å². The Morgan fingerprint density at radius 3 is 3.25 bits per heavy atom. The highest BCUT2D eigenvalue weighted by atomic mass is 14.6. The molecule has 1 fully saturated rings. The van der Waals surface area contributed by atoms with Gasteiger partial charge in [0, 0.05) is 18.8 Å². The number of hydrogen-bond donors (Lipinski definition) is 0. The number of hydrogen-bond acceptors (Lipinski definition) is 2. The predicted molar refractivity (Wildman–Crippen MR) is 45.3 cm³/mol. The molecule has 1 aromatic rings. The van der Waals surface area contributed by atoms with Crippen molar-refractivity contribution in [3.8, 4) is 6.07 Å². The van der Waals surface area contributed by atoms with Crippen LogP contribution in [0.5, 0.6) is 0 Å². The van der Waals surface area contributed by atoms with Crippen LogP contribution in [0.2, 0.25) is 0 Å². The van der Waals surface area contributed by atoms with Crippen LogP contribution in [-0.2, 0) is 0 Å². The second-order valence-electron chi connectivity index (χ2n) is 3.25. The molecule has 1 aromatic heterocycles. The van der Waals surface area contributed by atoms with Crippen LogP contribution in [0.4, 0.5) is 0 Å². The summed E-state index contributed by atoms with van der Waals surface area (Å²) < 4.78 is 0. The van der Waals surface area contributed by atoms with E-state index in [0.717, 1.165) is 0 Å². The molecule has 2 atom stereocenters. The Balaban J connectivity index is 2.03. The molecule has 1 aliphatic rings. The highest BCUT2D eigenvalue weighted by Crippen LogP contribution is 2.48. The summed E-state index contributed by atoms with van der Waals surface area (Å²) in [6, 6.07) is 6.26. The minimum absolute atomic E-state index is 0.596. The topological polar surface area (TPSA) is 36.7 Å². The molecule has 1 saturated carbocycles. The summed E-state index contributed by atoms with van der Waals surface area (Å²) in [7, 11) is 0. The van der Waals surface area contributed by atoms with Crippen molar-refractivity contribution in [2.24, 2.45) is 5.92 Å². The molecule has 0 aliphatic heterocycles. The van der Waals surface area contributed by atoms with E-state index >= 15 is 0 Å². The minimum atomic E-state index is 0.596. The van der Waals surface area contributed by atoms with Gasteiger partial charge >= 0.3 is 0 Å². The van der Waals surface area contributed by atoms with Gasteiger partial charge in [0.1, 0.15) is 0 Å². The fourth-order valence-electron chi connectivity index (χ4n) is 1.59. The highest BCUT2D eigenvalue weighted by Gasteiger charge is 2.37. The van der Waals surface area contributed by atoms with E-state index in [-0.39, 0.29) is 0 Å². The van der Waals surface area contributed by atoms with Gasteiger partial charge in [0.05, 0.1) is 6.07 Å². The summed E-state index contributed by atoms with van der Waals surface area (Å²) in [5, 5.41) is 8.48. The fraction of sp³-hybridized carbons (Fsp3) is 0.400. The molecule has 2 heteroatoms. The zero-order valence-corrected chi connectivity index (χ0v) is 6.77. The van der Waals surface area contributed by atoms with Gasteiger partial charge in [0.2, 0.25) is 0 Å². The molecule has 0 bridgehead atoms. The summed E-state index contributed by atoms with van der Waals surface area (Å²) in [6.45, 7) is 0. The maximum absolute atomic E-state index is 8.48. The number of rotatable bonds is 2. The SMILES string of the molecule is N#CCC1CC1c1cccnc1. The van der Waals surface area contributed by atoms with E-state index in [1.54, 1.807) is 6.20 Å². The van der Waals surface area contributed by atoms with E-state index in [1.807, 2.05) is 12.3 Å².